The molecule has 1 atom stereocenters. The summed E-state index contributed by atoms with van der Waals surface area (Å²) in [4.78, 5) is 11.3. The molecule has 1 amide bonds. The predicted octanol–water partition coefficient (Wildman–Crippen LogP) is 2.12. The van der Waals surface area contributed by atoms with Crippen molar-refractivity contribution in [3.05, 3.63) is 23.8 Å². The Morgan fingerprint density at radius 2 is 2.21 bits per heavy atom. The molecule has 0 radical (unpaired) electrons. The third-order valence-electron chi connectivity index (χ3n) is 3.95. The summed E-state index contributed by atoms with van der Waals surface area (Å²) in [5, 5.41) is 9.99. The van der Waals surface area contributed by atoms with E-state index in [1.54, 1.807) is 0 Å². The van der Waals surface area contributed by atoms with E-state index < -0.39 is 0 Å². The Bertz CT molecular complexity index is 510. The number of piperidine rings is 1. The maximum absolute atomic E-state index is 11.3. The zero-order valence-corrected chi connectivity index (χ0v) is 11.5. The summed E-state index contributed by atoms with van der Waals surface area (Å²) in [5.41, 5.74) is 3.38. The number of anilines is 2. The number of hydrogen-bond acceptors (Lipinski definition) is 3. The van der Waals surface area contributed by atoms with E-state index in [9.17, 15) is 4.79 Å². The SMILES string of the molecule is CC1(C)CC(Nc2ccc3c(c2)CC(=O)N3)CCN1. The summed E-state index contributed by atoms with van der Waals surface area (Å²) in [7, 11) is 0. The van der Waals surface area contributed by atoms with Gasteiger partial charge in [-0.3, -0.25) is 4.79 Å². The van der Waals surface area contributed by atoms with Gasteiger partial charge in [-0.25, -0.2) is 0 Å². The van der Waals surface area contributed by atoms with Gasteiger partial charge in [0.25, 0.3) is 0 Å². The van der Waals surface area contributed by atoms with Crippen LogP contribution in [0, 0.1) is 0 Å². The van der Waals surface area contributed by atoms with Crippen molar-refractivity contribution in [2.45, 2.75) is 44.7 Å². The highest BCUT2D eigenvalue weighted by atomic mass is 16.1. The van der Waals surface area contributed by atoms with Crippen molar-refractivity contribution in [2.75, 3.05) is 17.2 Å². The molecule has 0 spiro atoms. The van der Waals surface area contributed by atoms with Gasteiger partial charge >= 0.3 is 0 Å². The van der Waals surface area contributed by atoms with Gasteiger partial charge in [-0.05, 0) is 57.0 Å². The molecular weight excluding hydrogens is 238 g/mol. The highest BCUT2D eigenvalue weighted by Crippen LogP contribution is 2.28. The minimum Gasteiger partial charge on any atom is -0.382 e. The van der Waals surface area contributed by atoms with Crippen LogP contribution in [0.3, 0.4) is 0 Å². The van der Waals surface area contributed by atoms with Gasteiger partial charge in [0.2, 0.25) is 5.91 Å². The van der Waals surface area contributed by atoms with Crippen molar-refractivity contribution in [1.82, 2.24) is 5.32 Å². The number of carbonyl (C=O) groups is 1. The second-order valence-corrected chi connectivity index (χ2v) is 6.24. The van der Waals surface area contributed by atoms with Crippen molar-refractivity contribution in [3.63, 3.8) is 0 Å². The van der Waals surface area contributed by atoms with Gasteiger partial charge in [-0.2, -0.15) is 0 Å². The maximum atomic E-state index is 11.3. The molecule has 1 saturated heterocycles. The fourth-order valence-corrected chi connectivity index (χ4v) is 3.05. The van der Waals surface area contributed by atoms with Gasteiger partial charge in [0.15, 0.2) is 0 Å². The molecule has 1 unspecified atom stereocenters. The van der Waals surface area contributed by atoms with E-state index in [0.29, 0.717) is 12.5 Å². The van der Waals surface area contributed by atoms with Crippen LogP contribution in [0.4, 0.5) is 11.4 Å². The number of hydrogen-bond donors (Lipinski definition) is 3. The molecule has 2 aliphatic heterocycles. The summed E-state index contributed by atoms with van der Waals surface area (Å²) in [6.45, 7) is 5.54. The van der Waals surface area contributed by atoms with Crippen LogP contribution in [0.25, 0.3) is 0 Å². The quantitative estimate of drug-likeness (QED) is 0.762. The lowest BCUT2D eigenvalue weighted by Crippen LogP contribution is -2.50. The molecular formula is C15H21N3O. The van der Waals surface area contributed by atoms with Gasteiger partial charge < -0.3 is 16.0 Å². The molecule has 2 heterocycles. The zero-order valence-electron chi connectivity index (χ0n) is 11.5. The minimum absolute atomic E-state index is 0.0927. The molecule has 1 aromatic rings. The number of amides is 1. The fraction of sp³-hybridized carbons (Fsp3) is 0.533. The minimum atomic E-state index is 0.0927. The molecule has 0 bridgehead atoms. The Morgan fingerprint density at radius 3 is 3.00 bits per heavy atom. The second kappa shape index (κ2) is 4.53. The van der Waals surface area contributed by atoms with Gasteiger partial charge in [0.05, 0.1) is 6.42 Å². The first-order valence-corrected chi connectivity index (χ1v) is 6.96. The predicted molar refractivity (Wildman–Crippen MR) is 77.5 cm³/mol. The van der Waals surface area contributed by atoms with E-state index in [1.807, 2.05) is 6.07 Å². The number of fused-ring (bicyclic) bond motifs is 1. The Balaban J connectivity index is 1.71. The Hall–Kier alpha value is -1.55. The largest absolute Gasteiger partial charge is 0.382 e. The van der Waals surface area contributed by atoms with E-state index in [2.05, 4.69) is 41.9 Å². The first kappa shape index (κ1) is 12.5. The molecule has 3 N–H and O–H groups in total. The molecule has 1 fully saturated rings. The van der Waals surface area contributed by atoms with Crippen LogP contribution in [0.2, 0.25) is 0 Å². The lowest BCUT2D eigenvalue weighted by atomic mass is 9.89. The third kappa shape index (κ3) is 2.73. The molecule has 19 heavy (non-hydrogen) atoms. The molecule has 1 aromatic carbocycles. The topological polar surface area (TPSA) is 53.2 Å². The highest BCUT2D eigenvalue weighted by molar-refractivity contribution is 5.99. The summed E-state index contributed by atoms with van der Waals surface area (Å²) >= 11 is 0. The Kier molecular flexibility index (Phi) is 2.97. The van der Waals surface area contributed by atoms with E-state index in [0.717, 1.165) is 36.3 Å². The Labute approximate surface area is 114 Å². The molecule has 4 nitrogen and oxygen atoms in total. The van der Waals surface area contributed by atoms with Gasteiger partial charge in [-0.15, -0.1) is 0 Å². The number of rotatable bonds is 2. The van der Waals surface area contributed by atoms with Crippen molar-refractivity contribution in [3.8, 4) is 0 Å². The van der Waals surface area contributed by atoms with Gasteiger partial charge in [0.1, 0.15) is 0 Å². The molecule has 0 aliphatic carbocycles. The number of nitrogens with one attached hydrogen (secondary N) is 3. The van der Waals surface area contributed by atoms with E-state index in [1.165, 1.54) is 0 Å². The fourth-order valence-electron chi connectivity index (χ4n) is 3.05. The smallest absolute Gasteiger partial charge is 0.228 e. The van der Waals surface area contributed by atoms with Crippen molar-refractivity contribution < 1.29 is 4.79 Å². The van der Waals surface area contributed by atoms with E-state index in [-0.39, 0.29) is 11.4 Å². The highest BCUT2D eigenvalue weighted by Gasteiger charge is 2.27. The first-order chi connectivity index (χ1) is 9.02. The summed E-state index contributed by atoms with van der Waals surface area (Å²) in [5.74, 6) is 0.0927. The molecule has 4 heteroatoms. The number of carbonyl (C=O) groups excluding carboxylic acids is 1. The standard InChI is InChI=1S/C15H21N3O/c1-15(2)9-12(5-6-16-15)17-11-3-4-13-10(7-11)8-14(19)18-13/h3-4,7,12,16-17H,5-6,8-9H2,1-2H3,(H,18,19). The van der Waals surface area contributed by atoms with Crippen molar-refractivity contribution in [2.24, 2.45) is 0 Å². The Morgan fingerprint density at radius 1 is 1.37 bits per heavy atom. The summed E-state index contributed by atoms with van der Waals surface area (Å²) in [6.07, 6.45) is 2.75. The summed E-state index contributed by atoms with van der Waals surface area (Å²) < 4.78 is 0. The molecule has 0 saturated carbocycles. The lowest BCUT2D eigenvalue weighted by Gasteiger charge is -2.37. The van der Waals surface area contributed by atoms with Crippen molar-refractivity contribution in [1.29, 1.82) is 0 Å². The summed E-state index contributed by atoms with van der Waals surface area (Å²) in [6, 6.07) is 6.65. The van der Waals surface area contributed by atoms with E-state index in [4.69, 9.17) is 0 Å². The average Bonchev–Trinajstić information content (AvgIpc) is 2.67. The van der Waals surface area contributed by atoms with Crippen LogP contribution >= 0.6 is 0 Å². The maximum Gasteiger partial charge on any atom is 0.228 e. The lowest BCUT2D eigenvalue weighted by molar-refractivity contribution is -0.115. The van der Waals surface area contributed by atoms with Crippen LogP contribution < -0.4 is 16.0 Å². The third-order valence-corrected chi connectivity index (χ3v) is 3.95. The van der Waals surface area contributed by atoms with Gasteiger partial charge in [-0.1, -0.05) is 0 Å². The second-order valence-electron chi connectivity index (χ2n) is 6.24. The molecule has 2 aliphatic rings. The van der Waals surface area contributed by atoms with Gasteiger partial charge in [0, 0.05) is 23.0 Å². The first-order valence-electron chi connectivity index (χ1n) is 6.96. The van der Waals surface area contributed by atoms with Crippen LogP contribution in [-0.2, 0) is 11.2 Å². The molecule has 102 valence electrons. The van der Waals surface area contributed by atoms with Crippen LogP contribution in [0.15, 0.2) is 18.2 Å². The molecule has 3 rings (SSSR count). The van der Waals surface area contributed by atoms with Crippen LogP contribution in [0.1, 0.15) is 32.3 Å². The van der Waals surface area contributed by atoms with Crippen molar-refractivity contribution >= 4 is 17.3 Å². The monoisotopic (exact) mass is 259 g/mol. The van der Waals surface area contributed by atoms with Crippen LogP contribution in [-0.4, -0.2) is 24.0 Å². The zero-order chi connectivity index (χ0) is 13.5. The molecule has 0 aromatic heterocycles. The van der Waals surface area contributed by atoms with Crippen LogP contribution in [0.5, 0.6) is 0 Å². The average molecular weight is 259 g/mol. The normalized spacial score (nSPS) is 24.7. The number of benzene rings is 1. The van der Waals surface area contributed by atoms with E-state index >= 15 is 0 Å².